The lowest BCUT2D eigenvalue weighted by molar-refractivity contribution is -0.118. The smallest absolute Gasteiger partial charge is 0.336 e. The predicted molar refractivity (Wildman–Crippen MR) is 117 cm³/mol. The molecule has 30 heavy (non-hydrogen) atoms. The standard InChI is InChI=1S/C22H18BrN3O4/c1-13-9-22(28)30-19-11-17(7-8-18(13)19)29-12-21(27)24-20-10-14(2)25-26(20)16-5-3-15(23)4-6-16/h3-11H,12H2,1-2H3,(H,24,27). The van der Waals surface area contributed by atoms with Gasteiger partial charge in [0.2, 0.25) is 0 Å². The summed E-state index contributed by atoms with van der Waals surface area (Å²) in [6.07, 6.45) is 0. The van der Waals surface area contributed by atoms with Crippen LogP contribution in [0, 0.1) is 13.8 Å². The minimum Gasteiger partial charge on any atom is -0.484 e. The lowest BCUT2D eigenvalue weighted by Gasteiger charge is -2.10. The first-order valence-corrected chi connectivity index (χ1v) is 9.98. The summed E-state index contributed by atoms with van der Waals surface area (Å²) in [4.78, 5) is 24.0. The van der Waals surface area contributed by atoms with Crippen LogP contribution in [0.2, 0.25) is 0 Å². The Bertz CT molecular complexity index is 1290. The second-order valence-electron chi connectivity index (χ2n) is 6.80. The molecule has 1 N–H and O–H groups in total. The zero-order chi connectivity index (χ0) is 21.3. The second kappa shape index (κ2) is 8.16. The molecule has 0 aliphatic heterocycles. The van der Waals surface area contributed by atoms with Crippen LogP contribution < -0.4 is 15.7 Å². The third-order valence-electron chi connectivity index (χ3n) is 4.46. The molecule has 0 saturated heterocycles. The fraction of sp³-hybridized carbons (Fsp3) is 0.136. The van der Waals surface area contributed by atoms with E-state index in [-0.39, 0.29) is 12.5 Å². The summed E-state index contributed by atoms with van der Waals surface area (Å²) < 4.78 is 13.4. The Hall–Kier alpha value is -3.39. The van der Waals surface area contributed by atoms with Crippen LogP contribution in [0.15, 0.2) is 68.3 Å². The molecule has 0 fully saturated rings. The number of amides is 1. The van der Waals surface area contributed by atoms with Crippen LogP contribution in [0.5, 0.6) is 5.75 Å². The molecule has 152 valence electrons. The number of halogens is 1. The van der Waals surface area contributed by atoms with Crippen molar-refractivity contribution in [3.8, 4) is 11.4 Å². The van der Waals surface area contributed by atoms with Gasteiger partial charge in [-0.15, -0.1) is 0 Å². The number of nitrogens with zero attached hydrogens (tertiary/aromatic N) is 2. The van der Waals surface area contributed by atoms with Crippen LogP contribution in [-0.4, -0.2) is 22.3 Å². The van der Waals surface area contributed by atoms with Crippen molar-refractivity contribution in [3.63, 3.8) is 0 Å². The number of anilines is 1. The van der Waals surface area contributed by atoms with Gasteiger partial charge in [-0.25, -0.2) is 9.48 Å². The zero-order valence-corrected chi connectivity index (χ0v) is 17.9. The van der Waals surface area contributed by atoms with E-state index in [9.17, 15) is 9.59 Å². The van der Waals surface area contributed by atoms with E-state index in [2.05, 4.69) is 26.3 Å². The van der Waals surface area contributed by atoms with Crippen LogP contribution in [0.25, 0.3) is 16.7 Å². The van der Waals surface area contributed by atoms with Crippen molar-refractivity contribution in [2.75, 3.05) is 11.9 Å². The molecule has 0 radical (unpaired) electrons. The molecule has 0 atom stereocenters. The highest BCUT2D eigenvalue weighted by molar-refractivity contribution is 9.10. The number of aryl methyl sites for hydroxylation is 2. The molecular formula is C22H18BrN3O4. The molecule has 0 aliphatic carbocycles. The average molecular weight is 468 g/mol. The molecule has 0 unspecified atom stereocenters. The SMILES string of the molecule is Cc1cc(NC(=O)COc2ccc3c(C)cc(=O)oc3c2)n(-c2ccc(Br)cc2)n1. The van der Waals surface area contributed by atoms with Gasteiger partial charge in [-0.2, -0.15) is 5.10 Å². The van der Waals surface area contributed by atoms with E-state index in [1.165, 1.54) is 6.07 Å². The van der Waals surface area contributed by atoms with E-state index in [1.807, 2.05) is 38.1 Å². The first-order valence-electron chi connectivity index (χ1n) is 9.19. The number of ether oxygens (including phenoxy) is 1. The van der Waals surface area contributed by atoms with Gasteiger partial charge in [-0.1, -0.05) is 15.9 Å². The van der Waals surface area contributed by atoms with Crippen LogP contribution in [0.1, 0.15) is 11.3 Å². The second-order valence-corrected chi connectivity index (χ2v) is 7.72. The van der Waals surface area contributed by atoms with Gasteiger partial charge in [0.15, 0.2) is 6.61 Å². The van der Waals surface area contributed by atoms with Gasteiger partial charge >= 0.3 is 5.63 Å². The highest BCUT2D eigenvalue weighted by Gasteiger charge is 2.12. The Labute approximate surface area is 180 Å². The highest BCUT2D eigenvalue weighted by Crippen LogP contribution is 2.23. The zero-order valence-electron chi connectivity index (χ0n) is 16.3. The minimum atomic E-state index is -0.425. The fourth-order valence-electron chi connectivity index (χ4n) is 3.09. The van der Waals surface area contributed by atoms with Crippen molar-refractivity contribution in [2.45, 2.75) is 13.8 Å². The summed E-state index contributed by atoms with van der Waals surface area (Å²) in [5.74, 6) is 0.645. The third kappa shape index (κ3) is 4.28. The predicted octanol–water partition coefficient (Wildman–Crippen LogP) is 4.38. The van der Waals surface area contributed by atoms with E-state index in [4.69, 9.17) is 9.15 Å². The van der Waals surface area contributed by atoms with Gasteiger partial charge in [-0.05, 0) is 55.8 Å². The van der Waals surface area contributed by atoms with Gasteiger partial charge in [0.25, 0.3) is 5.91 Å². The summed E-state index contributed by atoms with van der Waals surface area (Å²) in [5, 5.41) is 8.08. The molecule has 0 bridgehead atoms. The molecule has 0 spiro atoms. The molecule has 1 amide bonds. The molecule has 2 aromatic carbocycles. The third-order valence-corrected chi connectivity index (χ3v) is 4.99. The molecule has 2 heterocycles. The Morgan fingerprint density at radius 1 is 1.13 bits per heavy atom. The maximum atomic E-state index is 12.4. The molecule has 4 rings (SSSR count). The van der Waals surface area contributed by atoms with Gasteiger partial charge in [0.05, 0.1) is 11.4 Å². The van der Waals surface area contributed by atoms with Crippen molar-refractivity contribution in [3.05, 3.63) is 80.7 Å². The first kappa shape index (κ1) is 19.9. The van der Waals surface area contributed by atoms with E-state index in [0.717, 1.165) is 26.8 Å². The van der Waals surface area contributed by atoms with E-state index in [1.54, 1.807) is 28.9 Å². The lowest BCUT2D eigenvalue weighted by atomic mass is 10.1. The maximum Gasteiger partial charge on any atom is 0.336 e. The number of aromatic nitrogens is 2. The summed E-state index contributed by atoms with van der Waals surface area (Å²) >= 11 is 3.41. The summed E-state index contributed by atoms with van der Waals surface area (Å²) in [5.41, 5.74) is 2.41. The summed E-state index contributed by atoms with van der Waals surface area (Å²) in [6.45, 7) is 3.49. The minimum absolute atomic E-state index is 0.202. The number of fused-ring (bicyclic) bond motifs is 1. The average Bonchev–Trinajstić information content (AvgIpc) is 3.06. The van der Waals surface area contributed by atoms with Gasteiger partial charge in [-0.3, -0.25) is 4.79 Å². The van der Waals surface area contributed by atoms with Crippen molar-refractivity contribution < 1.29 is 13.9 Å². The molecule has 0 saturated carbocycles. The van der Waals surface area contributed by atoms with Crippen molar-refractivity contribution in [2.24, 2.45) is 0 Å². The van der Waals surface area contributed by atoms with Crippen LogP contribution in [0.4, 0.5) is 5.82 Å². The fourth-order valence-corrected chi connectivity index (χ4v) is 3.35. The van der Waals surface area contributed by atoms with E-state index < -0.39 is 5.63 Å². The molecule has 2 aromatic heterocycles. The van der Waals surface area contributed by atoms with Crippen LogP contribution in [0.3, 0.4) is 0 Å². The number of hydrogen-bond donors (Lipinski definition) is 1. The number of benzene rings is 2. The quantitative estimate of drug-likeness (QED) is 0.440. The number of carbonyl (C=O) groups excluding carboxylic acids is 1. The number of nitrogens with one attached hydrogen (secondary N) is 1. The van der Waals surface area contributed by atoms with E-state index >= 15 is 0 Å². The topological polar surface area (TPSA) is 86.4 Å². The first-order chi connectivity index (χ1) is 14.4. The molecular weight excluding hydrogens is 450 g/mol. The van der Waals surface area contributed by atoms with Crippen LogP contribution in [-0.2, 0) is 4.79 Å². The summed E-state index contributed by atoms with van der Waals surface area (Å²) in [7, 11) is 0. The molecule has 7 nitrogen and oxygen atoms in total. The molecule has 0 aliphatic rings. The van der Waals surface area contributed by atoms with Crippen molar-refractivity contribution in [1.29, 1.82) is 0 Å². The number of hydrogen-bond acceptors (Lipinski definition) is 5. The molecule has 4 aromatic rings. The number of rotatable bonds is 5. The maximum absolute atomic E-state index is 12.4. The van der Waals surface area contributed by atoms with Crippen molar-refractivity contribution in [1.82, 2.24) is 9.78 Å². The largest absolute Gasteiger partial charge is 0.484 e. The van der Waals surface area contributed by atoms with Crippen molar-refractivity contribution >= 4 is 38.6 Å². The summed E-state index contributed by atoms with van der Waals surface area (Å²) in [6, 6.07) is 16.0. The Morgan fingerprint density at radius 2 is 1.90 bits per heavy atom. The Morgan fingerprint density at radius 3 is 2.67 bits per heavy atom. The Kier molecular flexibility index (Phi) is 5.41. The van der Waals surface area contributed by atoms with Gasteiger partial charge in [0.1, 0.15) is 17.2 Å². The number of carbonyl (C=O) groups is 1. The molecule has 8 heteroatoms. The monoisotopic (exact) mass is 467 g/mol. The van der Waals surface area contributed by atoms with Gasteiger partial charge in [0, 0.05) is 28.1 Å². The van der Waals surface area contributed by atoms with Crippen LogP contribution >= 0.6 is 15.9 Å². The Balaban J connectivity index is 1.48. The van der Waals surface area contributed by atoms with Gasteiger partial charge < -0.3 is 14.5 Å². The van der Waals surface area contributed by atoms with E-state index in [0.29, 0.717) is 17.2 Å². The normalized spacial score (nSPS) is 10.9. The highest BCUT2D eigenvalue weighted by atomic mass is 79.9. The lowest BCUT2D eigenvalue weighted by Crippen LogP contribution is -2.21.